The smallest absolute Gasteiger partial charge is 0.246 e. The van der Waals surface area contributed by atoms with Crippen LogP contribution in [-0.4, -0.2) is 15.5 Å². The molecule has 0 atom stereocenters. The van der Waals surface area contributed by atoms with E-state index in [1.54, 1.807) is 16.1 Å². The van der Waals surface area contributed by atoms with Crippen LogP contribution < -0.4 is 10.1 Å². The van der Waals surface area contributed by atoms with Crippen LogP contribution in [0.15, 0.2) is 41.2 Å². The molecule has 140 valence electrons. The van der Waals surface area contributed by atoms with E-state index in [0.29, 0.717) is 15.9 Å². The van der Waals surface area contributed by atoms with Gasteiger partial charge >= 0.3 is 0 Å². The minimum atomic E-state index is -0.166. The Labute approximate surface area is 166 Å². The molecule has 0 unspecified atom stereocenters. The molecule has 0 aliphatic heterocycles. The molecule has 1 amide bonds. The first kappa shape index (κ1) is 18.1. The number of aromatic nitrogens is 2. The summed E-state index contributed by atoms with van der Waals surface area (Å²) in [6.45, 7) is 0.132. The van der Waals surface area contributed by atoms with Crippen molar-refractivity contribution in [2.75, 3.05) is 5.32 Å². The fourth-order valence-electron chi connectivity index (χ4n) is 3.57. The van der Waals surface area contributed by atoms with E-state index in [1.807, 2.05) is 5.38 Å². The third kappa shape index (κ3) is 4.36. The summed E-state index contributed by atoms with van der Waals surface area (Å²) in [6.07, 6.45) is 8.40. The predicted molar refractivity (Wildman–Crippen MR) is 110 cm³/mol. The van der Waals surface area contributed by atoms with Gasteiger partial charge in [-0.15, -0.1) is 22.7 Å². The summed E-state index contributed by atoms with van der Waals surface area (Å²) < 4.78 is 1.61. The minimum Gasteiger partial charge on any atom is -0.315 e. The summed E-state index contributed by atoms with van der Waals surface area (Å²) in [6, 6.07) is 8.73. The second-order valence-corrected chi connectivity index (χ2v) is 8.63. The Bertz CT molecular complexity index is 964. The number of hydrogen-bond acceptors (Lipinski definition) is 5. The molecule has 3 aromatic rings. The largest absolute Gasteiger partial charge is 0.315 e. The van der Waals surface area contributed by atoms with E-state index < -0.39 is 0 Å². The SMILES string of the molecule is N=c1sccn1CC(=O)Nc1nc(-c2ccc(C3CCCCC3)cc2)cs1. The molecule has 0 bridgehead atoms. The third-order valence-corrected chi connectivity index (χ3v) is 6.50. The van der Waals surface area contributed by atoms with E-state index >= 15 is 0 Å². The summed E-state index contributed by atoms with van der Waals surface area (Å²) in [5.41, 5.74) is 3.39. The number of carbonyl (C=O) groups excluding carboxylic acids is 1. The van der Waals surface area contributed by atoms with Crippen molar-refractivity contribution in [2.45, 2.75) is 44.6 Å². The highest BCUT2D eigenvalue weighted by molar-refractivity contribution is 7.14. The Balaban J connectivity index is 1.40. The molecule has 0 spiro atoms. The van der Waals surface area contributed by atoms with Gasteiger partial charge in [-0.1, -0.05) is 43.5 Å². The average Bonchev–Trinajstić information content (AvgIpc) is 3.32. The van der Waals surface area contributed by atoms with E-state index in [0.717, 1.165) is 11.3 Å². The quantitative estimate of drug-likeness (QED) is 0.646. The van der Waals surface area contributed by atoms with Gasteiger partial charge in [0.05, 0.1) is 5.69 Å². The Morgan fingerprint density at radius 1 is 1.19 bits per heavy atom. The normalized spacial score (nSPS) is 15.0. The van der Waals surface area contributed by atoms with Crippen LogP contribution in [-0.2, 0) is 11.3 Å². The van der Waals surface area contributed by atoms with Crippen molar-refractivity contribution >= 4 is 33.7 Å². The number of anilines is 1. The van der Waals surface area contributed by atoms with Crippen LogP contribution in [0.25, 0.3) is 11.3 Å². The zero-order valence-corrected chi connectivity index (χ0v) is 16.6. The van der Waals surface area contributed by atoms with Crippen LogP contribution in [0.4, 0.5) is 5.13 Å². The topological polar surface area (TPSA) is 70.8 Å². The molecule has 5 nitrogen and oxygen atoms in total. The van der Waals surface area contributed by atoms with Gasteiger partial charge in [0.15, 0.2) is 9.93 Å². The molecule has 7 heteroatoms. The van der Waals surface area contributed by atoms with Crippen LogP contribution in [0, 0.1) is 5.41 Å². The predicted octanol–water partition coefficient (Wildman–Crippen LogP) is 4.84. The highest BCUT2D eigenvalue weighted by Crippen LogP contribution is 2.34. The number of benzene rings is 1. The fourth-order valence-corrected chi connectivity index (χ4v) is 4.90. The van der Waals surface area contributed by atoms with Crippen molar-refractivity contribution < 1.29 is 4.79 Å². The van der Waals surface area contributed by atoms with Gasteiger partial charge in [-0.05, 0) is 24.3 Å². The average molecular weight is 399 g/mol. The molecule has 1 fully saturated rings. The van der Waals surface area contributed by atoms with Gasteiger partial charge in [0.1, 0.15) is 6.54 Å². The van der Waals surface area contributed by atoms with Gasteiger partial charge in [0.25, 0.3) is 0 Å². The van der Waals surface area contributed by atoms with Crippen molar-refractivity contribution in [3.8, 4) is 11.3 Å². The van der Waals surface area contributed by atoms with E-state index in [1.165, 1.54) is 60.3 Å². The molecule has 2 heterocycles. The van der Waals surface area contributed by atoms with E-state index in [2.05, 4.69) is 34.6 Å². The molecule has 4 rings (SSSR count). The van der Waals surface area contributed by atoms with Gasteiger partial charge in [-0.3, -0.25) is 10.2 Å². The maximum absolute atomic E-state index is 12.2. The molecular formula is C20H22N4OS2. The van der Waals surface area contributed by atoms with Crippen LogP contribution in [0.3, 0.4) is 0 Å². The maximum Gasteiger partial charge on any atom is 0.246 e. The van der Waals surface area contributed by atoms with Crippen molar-refractivity contribution in [3.05, 3.63) is 51.6 Å². The summed E-state index contributed by atoms with van der Waals surface area (Å²) >= 11 is 2.73. The second-order valence-electron chi connectivity index (χ2n) is 6.88. The van der Waals surface area contributed by atoms with E-state index in [9.17, 15) is 4.79 Å². The van der Waals surface area contributed by atoms with Crippen LogP contribution in [0.5, 0.6) is 0 Å². The number of hydrogen-bond donors (Lipinski definition) is 2. The maximum atomic E-state index is 12.2. The first-order chi connectivity index (χ1) is 13.2. The third-order valence-electron chi connectivity index (χ3n) is 5.03. The first-order valence-electron chi connectivity index (χ1n) is 9.23. The number of nitrogens with one attached hydrogen (secondary N) is 2. The monoisotopic (exact) mass is 398 g/mol. The van der Waals surface area contributed by atoms with Gasteiger partial charge < -0.3 is 9.88 Å². The molecule has 1 aliphatic carbocycles. The molecular weight excluding hydrogens is 376 g/mol. The van der Waals surface area contributed by atoms with Crippen LogP contribution >= 0.6 is 22.7 Å². The first-order valence-corrected chi connectivity index (χ1v) is 11.0. The molecule has 27 heavy (non-hydrogen) atoms. The lowest BCUT2D eigenvalue weighted by Crippen LogP contribution is -2.23. The Morgan fingerprint density at radius 2 is 1.96 bits per heavy atom. The number of nitrogens with zero attached hydrogens (tertiary/aromatic N) is 2. The minimum absolute atomic E-state index is 0.132. The molecule has 1 aliphatic rings. The summed E-state index contributed by atoms with van der Waals surface area (Å²) in [7, 11) is 0. The standard InChI is InChI=1S/C20H22N4OS2/c21-19-24(10-11-26-19)12-18(25)23-20-22-17(13-27-20)16-8-6-15(7-9-16)14-4-2-1-3-5-14/h6-11,13-14,21H,1-5,12H2,(H,22,23,25). The second kappa shape index (κ2) is 8.19. The van der Waals surface area contributed by atoms with Gasteiger partial charge in [0.2, 0.25) is 5.91 Å². The molecule has 0 saturated heterocycles. The Morgan fingerprint density at radius 3 is 2.67 bits per heavy atom. The molecule has 1 saturated carbocycles. The zero-order valence-electron chi connectivity index (χ0n) is 15.0. The lowest BCUT2D eigenvalue weighted by Gasteiger charge is -2.22. The zero-order chi connectivity index (χ0) is 18.6. The number of rotatable bonds is 5. The number of amides is 1. The highest BCUT2D eigenvalue weighted by atomic mass is 32.1. The van der Waals surface area contributed by atoms with Crippen LogP contribution in [0.2, 0.25) is 0 Å². The summed E-state index contributed by atoms with van der Waals surface area (Å²) in [5.74, 6) is 0.537. The number of thiazole rings is 2. The lowest BCUT2D eigenvalue weighted by molar-refractivity contribution is -0.116. The van der Waals surface area contributed by atoms with Crippen molar-refractivity contribution in [1.29, 1.82) is 5.41 Å². The molecule has 2 aromatic heterocycles. The van der Waals surface area contributed by atoms with E-state index in [4.69, 9.17) is 5.41 Å². The van der Waals surface area contributed by atoms with Crippen molar-refractivity contribution in [3.63, 3.8) is 0 Å². The van der Waals surface area contributed by atoms with Gasteiger partial charge in [0, 0.05) is 22.5 Å². The molecule has 2 N–H and O–H groups in total. The summed E-state index contributed by atoms with van der Waals surface area (Å²) in [4.78, 5) is 17.1. The molecule has 0 radical (unpaired) electrons. The Kier molecular flexibility index (Phi) is 5.50. The van der Waals surface area contributed by atoms with Gasteiger partial charge in [-0.2, -0.15) is 0 Å². The lowest BCUT2D eigenvalue weighted by atomic mass is 9.84. The van der Waals surface area contributed by atoms with E-state index in [-0.39, 0.29) is 12.5 Å². The van der Waals surface area contributed by atoms with Crippen molar-refractivity contribution in [2.24, 2.45) is 0 Å². The highest BCUT2D eigenvalue weighted by Gasteiger charge is 2.15. The van der Waals surface area contributed by atoms with Crippen LogP contribution in [0.1, 0.15) is 43.6 Å². The number of carbonyl (C=O) groups is 1. The fraction of sp³-hybridized carbons (Fsp3) is 0.350. The Hall–Kier alpha value is -2.25. The van der Waals surface area contributed by atoms with Gasteiger partial charge in [-0.25, -0.2) is 4.98 Å². The molecule has 1 aromatic carbocycles. The van der Waals surface area contributed by atoms with Crippen molar-refractivity contribution in [1.82, 2.24) is 9.55 Å². The summed E-state index contributed by atoms with van der Waals surface area (Å²) in [5, 5.41) is 14.9.